The number of nitrogens with one attached hydrogen (secondary N) is 1. The van der Waals surface area contributed by atoms with E-state index in [9.17, 15) is 14.9 Å². The molecular weight excluding hydrogens is 436 g/mol. The Balaban J connectivity index is 1.81. The zero-order chi connectivity index (χ0) is 23.9. The third-order valence-corrected chi connectivity index (χ3v) is 4.91. The molecule has 0 bridgehead atoms. The highest BCUT2D eigenvalue weighted by atomic mass is 16.6. The first-order valence-corrected chi connectivity index (χ1v) is 10.1. The van der Waals surface area contributed by atoms with Gasteiger partial charge in [0.1, 0.15) is 5.71 Å². The summed E-state index contributed by atoms with van der Waals surface area (Å²) >= 11 is 0. The van der Waals surface area contributed by atoms with E-state index in [0.717, 1.165) is 6.21 Å². The van der Waals surface area contributed by atoms with Gasteiger partial charge in [-0.15, -0.1) is 5.10 Å². The fourth-order valence-corrected chi connectivity index (χ4v) is 3.27. The van der Waals surface area contributed by atoms with Crippen LogP contribution in [-0.2, 0) is 0 Å². The molecule has 0 amide bonds. The summed E-state index contributed by atoms with van der Waals surface area (Å²) in [5, 5.41) is 34.2. The van der Waals surface area contributed by atoms with E-state index in [2.05, 4.69) is 20.5 Å². The second-order valence-electron chi connectivity index (χ2n) is 7.02. The Labute approximate surface area is 193 Å². The Morgan fingerprint density at radius 2 is 1.62 bits per heavy atom. The first kappa shape index (κ1) is 22.1. The number of nitro benzene ring substituents is 1. The Kier molecular flexibility index (Phi) is 6.50. The summed E-state index contributed by atoms with van der Waals surface area (Å²) in [6.45, 7) is 0. The number of nitro groups is 1. The lowest BCUT2D eigenvalue weighted by Gasteiger charge is -2.02. The van der Waals surface area contributed by atoms with E-state index >= 15 is 0 Å². The van der Waals surface area contributed by atoms with Crippen LogP contribution in [0.3, 0.4) is 0 Å². The van der Waals surface area contributed by atoms with Crippen LogP contribution in [0.15, 0.2) is 105 Å². The van der Waals surface area contributed by atoms with Gasteiger partial charge in [-0.2, -0.15) is 5.10 Å². The molecule has 10 nitrogen and oxygen atoms in total. The van der Waals surface area contributed by atoms with E-state index in [0.29, 0.717) is 22.5 Å². The standard InChI is InChI=1S/C24H18N6O4/c31-24-21(15-25-27-22(16-26-32)17-7-3-1-4-8-17)23(18-11-13-20(14-12-18)30(33)34)28-29(24)19-9-5-2-6-10-19/h1-16,28,32H. The highest BCUT2D eigenvalue weighted by Crippen LogP contribution is 2.23. The van der Waals surface area contributed by atoms with Gasteiger partial charge in [0.25, 0.3) is 11.2 Å². The normalized spacial score (nSPS) is 11.9. The quantitative estimate of drug-likeness (QED) is 0.188. The van der Waals surface area contributed by atoms with Crippen LogP contribution < -0.4 is 5.56 Å². The maximum atomic E-state index is 13.2. The van der Waals surface area contributed by atoms with Gasteiger partial charge in [0.05, 0.1) is 34.3 Å². The average Bonchev–Trinajstić information content (AvgIpc) is 3.20. The lowest BCUT2D eigenvalue weighted by molar-refractivity contribution is -0.384. The van der Waals surface area contributed by atoms with Crippen molar-refractivity contribution in [3.63, 3.8) is 0 Å². The van der Waals surface area contributed by atoms with Crippen LogP contribution in [0, 0.1) is 10.1 Å². The first-order valence-electron chi connectivity index (χ1n) is 10.1. The number of rotatable bonds is 7. The largest absolute Gasteiger partial charge is 0.411 e. The van der Waals surface area contributed by atoms with E-state index < -0.39 is 4.92 Å². The van der Waals surface area contributed by atoms with Crippen molar-refractivity contribution < 1.29 is 10.1 Å². The number of hydrogen-bond acceptors (Lipinski definition) is 7. The number of nitrogens with zero attached hydrogens (tertiary/aromatic N) is 5. The van der Waals surface area contributed by atoms with E-state index in [4.69, 9.17) is 5.21 Å². The molecular formula is C24H18N6O4. The summed E-state index contributed by atoms with van der Waals surface area (Å²) < 4.78 is 1.36. The summed E-state index contributed by atoms with van der Waals surface area (Å²) in [5.74, 6) is 0. The van der Waals surface area contributed by atoms with E-state index in [1.807, 2.05) is 12.1 Å². The minimum Gasteiger partial charge on any atom is -0.411 e. The second-order valence-corrected chi connectivity index (χ2v) is 7.02. The molecule has 0 radical (unpaired) electrons. The number of non-ortho nitro benzene ring substituents is 1. The molecule has 0 atom stereocenters. The molecule has 10 heteroatoms. The Morgan fingerprint density at radius 3 is 2.24 bits per heavy atom. The van der Waals surface area contributed by atoms with Gasteiger partial charge in [-0.05, 0) is 24.3 Å². The van der Waals surface area contributed by atoms with Crippen molar-refractivity contribution in [2.45, 2.75) is 0 Å². The van der Waals surface area contributed by atoms with Crippen LogP contribution in [0.2, 0.25) is 0 Å². The molecule has 168 valence electrons. The molecule has 0 saturated heterocycles. The van der Waals surface area contributed by atoms with Crippen molar-refractivity contribution in [3.8, 4) is 16.9 Å². The second kappa shape index (κ2) is 10.0. The van der Waals surface area contributed by atoms with E-state index in [1.165, 1.54) is 23.0 Å². The highest BCUT2D eigenvalue weighted by molar-refractivity contribution is 6.38. The number of aromatic amines is 1. The molecule has 1 aromatic heterocycles. The highest BCUT2D eigenvalue weighted by Gasteiger charge is 2.16. The van der Waals surface area contributed by atoms with Crippen molar-refractivity contribution in [1.82, 2.24) is 9.78 Å². The predicted octanol–water partition coefficient (Wildman–Crippen LogP) is 4.02. The summed E-state index contributed by atoms with van der Waals surface area (Å²) in [6, 6.07) is 23.8. The zero-order valence-electron chi connectivity index (χ0n) is 17.6. The molecule has 0 fully saturated rings. The third-order valence-electron chi connectivity index (χ3n) is 4.91. The summed E-state index contributed by atoms with van der Waals surface area (Å²) in [5.41, 5.74) is 2.30. The molecule has 0 aliphatic carbocycles. The van der Waals surface area contributed by atoms with Crippen molar-refractivity contribution in [3.05, 3.63) is 117 Å². The predicted molar refractivity (Wildman–Crippen MR) is 129 cm³/mol. The smallest absolute Gasteiger partial charge is 0.280 e. The minimum atomic E-state index is -0.493. The topological polar surface area (TPSA) is 138 Å². The monoisotopic (exact) mass is 454 g/mol. The summed E-state index contributed by atoms with van der Waals surface area (Å²) in [4.78, 5) is 23.7. The molecule has 0 aliphatic rings. The Hall–Kier alpha value is -5.12. The van der Waals surface area contributed by atoms with Crippen LogP contribution in [0.1, 0.15) is 11.1 Å². The molecule has 3 aromatic carbocycles. The van der Waals surface area contributed by atoms with Gasteiger partial charge in [-0.25, -0.2) is 4.68 Å². The van der Waals surface area contributed by atoms with Gasteiger partial charge >= 0.3 is 0 Å². The van der Waals surface area contributed by atoms with Crippen LogP contribution in [0.25, 0.3) is 16.9 Å². The SMILES string of the molecule is O=c1c(C=NN=C(C=NO)c2ccccc2)c(-c2ccc([N+](=O)[O-])cc2)[nH]n1-c1ccccc1. The van der Waals surface area contributed by atoms with Crippen molar-refractivity contribution in [1.29, 1.82) is 0 Å². The molecule has 2 N–H and O–H groups in total. The number of H-pyrrole nitrogens is 1. The summed E-state index contributed by atoms with van der Waals surface area (Å²) in [6.07, 6.45) is 2.44. The molecule has 0 saturated carbocycles. The van der Waals surface area contributed by atoms with Gasteiger partial charge in [0, 0.05) is 23.3 Å². The Morgan fingerprint density at radius 1 is 0.971 bits per heavy atom. The number of hydrogen-bond donors (Lipinski definition) is 2. The van der Waals surface area contributed by atoms with Crippen LogP contribution in [0.5, 0.6) is 0 Å². The minimum absolute atomic E-state index is 0.0656. The number of benzene rings is 3. The van der Waals surface area contributed by atoms with Crippen molar-refractivity contribution >= 4 is 23.8 Å². The molecule has 4 rings (SSSR count). The fraction of sp³-hybridized carbons (Fsp3) is 0. The molecule has 0 spiro atoms. The third kappa shape index (κ3) is 4.70. The number of oxime groups is 1. The molecule has 4 aromatic rings. The van der Waals surface area contributed by atoms with Gasteiger partial charge in [0.15, 0.2) is 0 Å². The van der Waals surface area contributed by atoms with Crippen molar-refractivity contribution in [2.75, 3.05) is 0 Å². The van der Waals surface area contributed by atoms with Crippen LogP contribution in [-0.4, -0.2) is 38.1 Å². The number of para-hydroxylation sites is 1. The first-order chi connectivity index (χ1) is 16.6. The fourth-order valence-electron chi connectivity index (χ4n) is 3.27. The molecule has 0 aliphatic heterocycles. The Bertz CT molecular complexity index is 1440. The van der Waals surface area contributed by atoms with Gasteiger partial charge in [-0.3, -0.25) is 20.0 Å². The van der Waals surface area contributed by atoms with Crippen LogP contribution >= 0.6 is 0 Å². The lowest BCUT2D eigenvalue weighted by Crippen LogP contribution is -2.17. The van der Waals surface area contributed by atoms with Gasteiger partial charge in [0.2, 0.25) is 0 Å². The van der Waals surface area contributed by atoms with Gasteiger partial charge in [-0.1, -0.05) is 53.7 Å². The maximum absolute atomic E-state index is 13.2. The lowest BCUT2D eigenvalue weighted by atomic mass is 10.1. The maximum Gasteiger partial charge on any atom is 0.280 e. The molecule has 1 heterocycles. The van der Waals surface area contributed by atoms with E-state index in [-0.39, 0.29) is 22.5 Å². The zero-order valence-corrected chi connectivity index (χ0v) is 17.6. The summed E-state index contributed by atoms with van der Waals surface area (Å²) in [7, 11) is 0. The molecule has 0 unspecified atom stereocenters. The van der Waals surface area contributed by atoms with Gasteiger partial charge < -0.3 is 5.21 Å². The van der Waals surface area contributed by atoms with Crippen molar-refractivity contribution in [2.24, 2.45) is 15.4 Å². The average molecular weight is 454 g/mol. The molecule has 34 heavy (non-hydrogen) atoms. The van der Waals surface area contributed by atoms with Crippen LogP contribution in [0.4, 0.5) is 5.69 Å². The number of aromatic nitrogens is 2. The van der Waals surface area contributed by atoms with E-state index in [1.54, 1.807) is 60.7 Å².